The van der Waals surface area contributed by atoms with Crippen LogP contribution in [-0.4, -0.2) is 35.4 Å². The highest BCUT2D eigenvalue weighted by Crippen LogP contribution is 2.23. The van der Waals surface area contributed by atoms with Crippen molar-refractivity contribution in [2.24, 2.45) is 12.0 Å². The van der Waals surface area contributed by atoms with Gasteiger partial charge in [0.25, 0.3) is 0 Å². The van der Waals surface area contributed by atoms with Gasteiger partial charge < -0.3 is 19.8 Å². The van der Waals surface area contributed by atoms with E-state index < -0.39 is 0 Å². The van der Waals surface area contributed by atoms with Gasteiger partial charge in [0, 0.05) is 26.1 Å². The summed E-state index contributed by atoms with van der Waals surface area (Å²) in [4.78, 5) is 4.92. The van der Waals surface area contributed by atoms with Crippen LogP contribution in [0.2, 0.25) is 0 Å². The molecule has 1 aromatic carbocycles. The van der Waals surface area contributed by atoms with Crippen molar-refractivity contribution in [1.82, 2.24) is 20.4 Å². The lowest BCUT2D eigenvalue weighted by Gasteiger charge is -2.27. The molecule has 0 saturated heterocycles. The van der Waals surface area contributed by atoms with Crippen LogP contribution in [0.5, 0.6) is 5.88 Å². The normalized spacial score (nSPS) is 16.0. The van der Waals surface area contributed by atoms with Crippen LogP contribution in [0.15, 0.2) is 52.1 Å². The lowest BCUT2D eigenvalue weighted by molar-refractivity contribution is 0.369. The number of furan rings is 1. The fourth-order valence-electron chi connectivity index (χ4n) is 4.39. The van der Waals surface area contributed by atoms with E-state index in [4.69, 9.17) is 14.1 Å². The van der Waals surface area contributed by atoms with E-state index >= 15 is 0 Å². The van der Waals surface area contributed by atoms with Gasteiger partial charge in [0.2, 0.25) is 5.88 Å². The van der Waals surface area contributed by atoms with Crippen LogP contribution in [0.4, 0.5) is 0 Å². The minimum Gasteiger partial charge on any atom is -0.481 e. The third-order valence-electron chi connectivity index (χ3n) is 6.03. The van der Waals surface area contributed by atoms with Crippen molar-refractivity contribution >= 4 is 5.96 Å². The van der Waals surface area contributed by atoms with E-state index in [1.54, 1.807) is 18.1 Å². The molecule has 0 saturated carbocycles. The predicted octanol–water partition coefficient (Wildman–Crippen LogP) is 3.42. The molecule has 0 spiro atoms. The monoisotopic (exact) mass is 435 g/mol. The number of hydrogen-bond acceptors (Lipinski definition) is 4. The Hall–Kier alpha value is -3.22. The number of nitrogens with zero attached hydrogens (tertiary/aromatic N) is 3. The van der Waals surface area contributed by atoms with Gasteiger partial charge in [-0.3, -0.25) is 0 Å². The summed E-state index contributed by atoms with van der Waals surface area (Å²) in [6.07, 6.45) is 6.54. The molecule has 7 nitrogen and oxygen atoms in total. The Balaban J connectivity index is 1.48. The standard InChI is InChI=1S/C25H33N5O2/c1-4-23-22(24(31-3)30(2)29-23)17-27-25(26-14-13-21-10-7-15-32-21)28-20-12-11-18-8-5-6-9-19(18)16-20/h5-10,15,20H,4,11-14,16-17H2,1-3H3,(H2,26,27,28). The summed E-state index contributed by atoms with van der Waals surface area (Å²) < 4.78 is 12.8. The molecule has 1 unspecified atom stereocenters. The van der Waals surface area contributed by atoms with Gasteiger partial charge in [0.1, 0.15) is 5.76 Å². The van der Waals surface area contributed by atoms with Crippen LogP contribution >= 0.6 is 0 Å². The predicted molar refractivity (Wildman–Crippen MR) is 126 cm³/mol. The molecule has 32 heavy (non-hydrogen) atoms. The lowest BCUT2D eigenvalue weighted by Crippen LogP contribution is -2.46. The van der Waals surface area contributed by atoms with Gasteiger partial charge in [-0.05, 0) is 48.9 Å². The molecule has 1 atom stereocenters. The van der Waals surface area contributed by atoms with E-state index in [0.717, 1.165) is 67.5 Å². The smallest absolute Gasteiger partial charge is 0.216 e. The molecule has 0 amide bonds. The average molecular weight is 436 g/mol. The first-order valence-electron chi connectivity index (χ1n) is 11.4. The second-order valence-electron chi connectivity index (χ2n) is 8.19. The van der Waals surface area contributed by atoms with Crippen LogP contribution in [0, 0.1) is 0 Å². The number of methoxy groups -OCH3 is 1. The number of ether oxygens (including phenoxy) is 1. The zero-order valence-electron chi connectivity index (χ0n) is 19.2. The minimum atomic E-state index is 0.348. The van der Waals surface area contributed by atoms with E-state index in [0.29, 0.717) is 12.6 Å². The van der Waals surface area contributed by atoms with Gasteiger partial charge in [-0.1, -0.05) is 31.2 Å². The Morgan fingerprint density at radius 1 is 1.25 bits per heavy atom. The molecule has 170 valence electrons. The number of nitrogens with one attached hydrogen (secondary N) is 2. The van der Waals surface area contributed by atoms with E-state index in [2.05, 4.69) is 46.9 Å². The van der Waals surface area contributed by atoms with E-state index in [9.17, 15) is 0 Å². The molecule has 4 rings (SSSR count). The Labute approximate surface area is 189 Å². The Morgan fingerprint density at radius 2 is 2.09 bits per heavy atom. The fraction of sp³-hybridized carbons (Fsp3) is 0.440. The summed E-state index contributed by atoms with van der Waals surface area (Å²) in [5, 5.41) is 11.7. The maximum absolute atomic E-state index is 5.59. The highest BCUT2D eigenvalue weighted by molar-refractivity contribution is 5.80. The quantitative estimate of drug-likeness (QED) is 0.419. The number of aryl methyl sites for hydroxylation is 3. The van der Waals surface area contributed by atoms with Crippen LogP contribution in [0.3, 0.4) is 0 Å². The SMILES string of the molecule is CCc1nn(C)c(OC)c1CN=C(NCCc1ccco1)NC1CCc2ccccc2C1. The lowest BCUT2D eigenvalue weighted by atomic mass is 9.88. The van der Waals surface area contributed by atoms with Crippen molar-refractivity contribution in [2.45, 2.75) is 51.6 Å². The van der Waals surface area contributed by atoms with Crippen LogP contribution < -0.4 is 15.4 Å². The Bertz CT molecular complexity index is 1040. The molecule has 1 aliphatic carbocycles. The highest BCUT2D eigenvalue weighted by atomic mass is 16.5. The Kier molecular flexibility index (Phi) is 7.14. The number of aliphatic imine (C=N–C) groups is 1. The fourth-order valence-corrected chi connectivity index (χ4v) is 4.39. The van der Waals surface area contributed by atoms with E-state index in [1.165, 1.54) is 11.1 Å². The summed E-state index contributed by atoms with van der Waals surface area (Å²) in [5.74, 6) is 2.55. The molecule has 3 aromatic rings. The summed E-state index contributed by atoms with van der Waals surface area (Å²) in [7, 11) is 3.59. The molecule has 0 radical (unpaired) electrons. The van der Waals surface area contributed by atoms with Crippen molar-refractivity contribution in [1.29, 1.82) is 0 Å². The van der Waals surface area contributed by atoms with Crippen molar-refractivity contribution < 1.29 is 9.15 Å². The van der Waals surface area contributed by atoms with Crippen LogP contribution in [0.1, 0.15) is 41.5 Å². The van der Waals surface area contributed by atoms with Crippen molar-refractivity contribution in [3.05, 3.63) is 70.8 Å². The van der Waals surface area contributed by atoms with E-state index in [1.807, 2.05) is 19.2 Å². The molecular weight excluding hydrogens is 402 g/mol. The highest BCUT2D eigenvalue weighted by Gasteiger charge is 2.20. The summed E-state index contributed by atoms with van der Waals surface area (Å²) >= 11 is 0. The second-order valence-corrected chi connectivity index (χ2v) is 8.19. The Morgan fingerprint density at radius 3 is 2.84 bits per heavy atom. The number of guanidine groups is 1. The number of benzene rings is 1. The number of fused-ring (bicyclic) bond motifs is 1. The topological polar surface area (TPSA) is 76.6 Å². The molecule has 2 heterocycles. The number of hydrogen-bond donors (Lipinski definition) is 2. The van der Waals surface area contributed by atoms with Gasteiger partial charge in [-0.15, -0.1) is 0 Å². The van der Waals surface area contributed by atoms with Gasteiger partial charge >= 0.3 is 0 Å². The number of aromatic nitrogens is 2. The molecule has 2 aromatic heterocycles. The molecule has 0 bridgehead atoms. The summed E-state index contributed by atoms with van der Waals surface area (Å²) in [6, 6.07) is 13.0. The molecule has 0 aliphatic heterocycles. The third-order valence-corrected chi connectivity index (χ3v) is 6.03. The molecule has 2 N–H and O–H groups in total. The van der Waals surface area contributed by atoms with Crippen molar-refractivity contribution in [2.75, 3.05) is 13.7 Å². The van der Waals surface area contributed by atoms with Crippen LogP contribution in [0.25, 0.3) is 0 Å². The first kappa shape index (κ1) is 22.0. The second kappa shape index (κ2) is 10.4. The molecular formula is C25H33N5O2. The average Bonchev–Trinajstić information content (AvgIpc) is 3.44. The largest absolute Gasteiger partial charge is 0.481 e. The number of rotatable bonds is 8. The molecule has 0 fully saturated rings. The van der Waals surface area contributed by atoms with Gasteiger partial charge in [-0.25, -0.2) is 9.67 Å². The first-order valence-corrected chi connectivity index (χ1v) is 11.4. The zero-order chi connectivity index (χ0) is 22.3. The summed E-state index contributed by atoms with van der Waals surface area (Å²) in [5.41, 5.74) is 4.95. The molecule has 7 heteroatoms. The third kappa shape index (κ3) is 5.15. The first-order chi connectivity index (χ1) is 15.7. The van der Waals surface area contributed by atoms with Crippen LogP contribution in [-0.2, 0) is 39.3 Å². The van der Waals surface area contributed by atoms with Gasteiger partial charge in [0.15, 0.2) is 5.96 Å². The summed E-state index contributed by atoms with van der Waals surface area (Å²) in [6.45, 7) is 3.36. The maximum atomic E-state index is 5.59. The maximum Gasteiger partial charge on any atom is 0.216 e. The van der Waals surface area contributed by atoms with E-state index in [-0.39, 0.29) is 0 Å². The van der Waals surface area contributed by atoms with Crippen molar-refractivity contribution in [3.63, 3.8) is 0 Å². The van der Waals surface area contributed by atoms with Crippen molar-refractivity contribution in [3.8, 4) is 5.88 Å². The minimum absolute atomic E-state index is 0.348. The molecule has 1 aliphatic rings. The van der Waals surface area contributed by atoms with Gasteiger partial charge in [-0.2, -0.15) is 5.10 Å². The van der Waals surface area contributed by atoms with Gasteiger partial charge in [0.05, 0.1) is 31.2 Å². The zero-order valence-corrected chi connectivity index (χ0v) is 19.2.